The first-order valence-corrected chi connectivity index (χ1v) is 9.03. The molecular formula is C19H26N4O3. The molecule has 1 fully saturated rings. The minimum Gasteiger partial charge on any atom is -0.484 e. The van der Waals surface area contributed by atoms with Crippen LogP contribution in [-0.2, 0) is 16.0 Å². The highest BCUT2D eigenvalue weighted by Crippen LogP contribution is 2.24. The summed E-state index contributed by atoms with van der Waals surface area (Å²) < 4.78 is 10.7. The maximum atomic E-state index is 12.5. The number of amides is 1. The fraction of sp³-hybridized carbons (Fsp3) is 0.526. The number of nitrogens with one attached hydrogen (secondary N) is 1. The number of aromatic nitrogens is 3. The minimum atomic E-state index is 0.00502. The maximum absolute atomic E-state index is 12.5. The second kappa shape index (κ2) is 8.80. The third-order valence-corrected chi connectivity index (χ3v) is 4.61. The summed E-state index contributed by atoms with van der Waals surface area (Å²) in [6.45, 7) is 4.08. The molecule has 1 aromatic carbocycles. The second-order valence-electron chi connectivity index (χ2n) is 6.66. The Kier molecular flexibility index (Phi) is 6.22. The van der Waals surface area contributed by atoms with Gasteiger partial charge in [-0.05, 0) is 31.9 Å². The third kappa shape index (κ3) is 4.82. The number of benzene rings is 1. The van der Waals surface area contributed by atoms with Crippen LogP contribution in [0.4, 0.5) is 0 Å². The van der Waals surface area contributed by atoms with Gasteiger partial charge in [0.25, 0.3) is 5.91 Å². The van der Waals surface area contributed by atoms with E-state index in [1.165, 1.54) is 5.56 Å². The molecule has 0 spiro atoms. The standard InChI is InChI=1S/C19H26N4O3/c1-14-5-7-16(8-6-14)26-13-18(24)23-10-3-4-15(12-23)19-20-17(21-22-19)9-11-25-2/h5-8,15H,3-4,9-13H2,1-2H3,(H,20,21,22)/t15-/m1/s1. The van der Waals surface area contributed by atoms with Gasteiger partial charge in [0.15, 0.2) is 12.4 Å². The molecule has 7 nitrogen and oxygen atoms in total. The molecule has 0 aliphatic carbocycles. The van der Waals surface area contributed by atoms with Gasteiger partial charge < -0.3 is 14.4 Å². The van der Waals surface area contributed by atoms with E-state index in [1.807, 2.05) is 36.1 Å². The molecule has 1 atom stereocenters. The minimum absolute atomic E-state index is 0.00502. The number of likely N-dealkylation sites (tertiary alicyclic amines) is 1. The van der Waals surface area contributed by atoms with Crippen molar-refractivity contribution in [2.75, 3.05) is 33.4 Å². The molecule has 0 bridgehead atoms. The van der Waals surface area contributed by atoms with Crippen LogP contribution in [0.15, 0.2) is 24.3 Å². The number of carbonyl (C=O) groups excluding carboxylic acids is 1. The zero-order chi connectivity index (χ0) is 18.4. The van der Waals surface area contributed by atoms with Gasteiger partial charge >= 0.3 is 0 Å². The smallest absolute Gasteiger partial charge is 0.260 e. The van der Waals surface area contributed by atoms with Crippen molar-refractivity contribution in [2.45, 2.75) is 32.1 Å². The maximum Gasteiger partial charge on any atom is 0.260 e. The number of ether oxygens (including phenoxy) is 2. The molecular weight excluding hydrogens is 332 g/mol. The van der Waals surface area contributed by atoms with Crippen LogP contribution in [0.3, 0.4) is 0 Å². The first-order valence-electron chi connectivity index (χ1n) is 9.03. The number of rotatable bonds is 7. The summed E-state index contributed by atoms with van der Waals surface area (Å²) in [5, 5.41) is 7.29. The highest BCUT2D eigenvalue weighted by molar-refractivity contribution is 5.78. The molecule has 1 aliphatic heterocycles. The van der Waals surface area contributed by atoms with Gasteiger partial charge in [0.2, 0.25) is 0 Å². The number of hydrogen-bond acceptors (Lipinski definition) is 5. The lowest BCUT2D eigenvalue weighted by Gasteiger charge is -2.31. The summed E-state index contributed by atoms with van der Waals surface area (Å²) in [6, 6.07) is 7.72. The van der Waals surface area contributed by atoms with Gasteiger partial charge in [0, 0.05) is 32.5 Å². The van der Waals surface area contributed by atoms with Crippen molar-refractivity contribution in [1.29, 1.82) is 0 Å². The highest BCUT2D eigenvalue weighted by Gasteiger charge is 2.27. The number of nitrogens with zero attached hydrogens (tertiary/aromatic N) is 3. The average molecular weight is 358 g/mol. The first kappa shape index (κ1) is 18.4. The lowest BCUT2D eigenvalue weighted by molar-refractivity contribution is -0.134. The molecule has 2 heterocycles. The summed E-state index contributed by atoms with van der Waals surface area (Å²) in [7, 11) is 1.67. The van der Waals surface area contributed by atoms with E-state index in [-0.39, 0.29) is 18.4 Å². The van der Waals surface area contributed by atoms with Crippen molar-refractivity contribution in [3.8, 4) is 5.75 Å². The summed E-state index contributed by atoms with van der Waals surface area (Å²) in [6.07, 6.45) is 2.65. The van der Waals surface area contributed by atoms with E-state index < -0.39 is 0 Å². The van der Waals surface area contributed by atoms with Crippen LogP contribution >= 0.6 is 0 Å². The SMILES string of the molecule is COCCc1nc([C@@H]2CCCN(C(=O)COc3ccc(C)cc3)C2)n[nH]1. The van der Waals surface area contributed by atoms with Crippen molar-refractivity contribution >= 4 is 5.91 Å². The number of H-pyrrole nitrogens is 1. The van der Waals surface area contributed by atoms with Gasteiger partial charge in [-0.1, -0.05) is 17.7 Å². The first-order chi connectivity index (χ1) is 12.7. The van der Waals surface area contributed by atoms with Gasteiger partial charge in [-0.15, -0.1) is 0 Å². The molecule has 2 aromatic rings. The Morgan fingerprint density at radius 3 is 2.92 bits per heavy atom. The third-order valence-electron chi connectivity index (χ3n) is 4.61. The monoisotopic (exact) mass is 358 g/mol. The normalized spacial score (nSPS) is 17.3. The molecule has 0 saturated carbocycles. The Hall–Kier alpha value is -2.41. The number of aryl methyl sites for hydroxylation is 1. The van der Waals surface area contributed by atoms with Crippen LogP contribution in [0.5, 0.6) is 5.75 Å². The van der Waals surface area contributed by atoms with E-state index in [9.17, 15) is 4.79 Å². The zero-order valence-corrected chi connectivity index (χ0v) is 15.4. The van der Waals surface area contributed by atoms with Crippen LogP contribution in [0.2, 0.25) is 0 Å². The predicted molar refractivity (Wildman–Crippen MR) is 97.2 cm³/mol. The lowest BCUT2D eigenvalue weighted by atomic mass is 9.97. The van der Waals surface area contributed by atoms with Crippen LogP contribution in [-0.4, -0.2) is 59.4 Å². The zero-order valence-electron chi connectivity index (χ0n) is 15.4. The topological polar surface area (TPSA) is 80.3 Å². The van der Waals surface area contributed by atoms with E-state index >= 15 is 0 Å². The predicted octanol–water partition coefficient (Wildman–Crippen LogP) is 2.09. The Morgan fingerprint density at radius 1 is 1.35 bits per heavy atom. The Labute approximate surface area is 153 Å². The summed E-state index contributed by atoms with van der Waals surface area (Å²) in [5.74, 6) is 2.50. The van der Waals surface area contributed by atoms with E-state index in [0.717, 1.165) is 31.0 Å². The Balaban J connectivity index is 1.53. The number of carbonyl (C=O) groups is 1. The lowest BCUT2D eigenvalue weighted by Crippen LogP contribution is -2.41. The molecule has 1 aliphatic rings. The van der Waals surface area contributed by atoms with Gasteiger partial charge in [-0.3, -0.25) is 9.89 Å². The molecule has 1 aromatic heterocycles. The fourth-order valence-electron chi connectivity index (χ4n) is 3.09. The van der Waals surface area contributed by atoms with Crippen molar-refractivity contribution in [3.05, 3.63) is 41.5 Å². The highest BCUT2D eigenvalue weighted by atomic mass is 16.5. The quantitative estimate of drug-likeness (QED) is 0.820. The molecule has 7 heteroatoms. The van der Waals surface area contributed by atoms with Gasteiger partial charge in [0.05, 0.1) is 6.61 Å². The summed E-state index contributed by atoms with van der Waals surface area (Å²) in [4.78, 5) is 18.9. The van der Waals surface area contributed by atoms with Crippen molar-refractivity contribution in [1.82, 2.24) is 20.1 Å². The van der Waals surface area contributed by atoms with Gasteiger partial charge in [-0.2, -0.15) is 5.10 Å². The fourth-order valence-corrected chi connectivity index (χ4v) is 3.09. The summed E-state index contributed by atoms with van der Waals surface area (Å²) in [5.41, 5.74) is 1.17. The van der Waals surface area contributed by atoms with Gasteiger partial charge in [0.1, 0.15) is 11.6 Å². The van der Waals surface area contributed by atoms with E-state index in [0.29, 0.717) is 25.3 Å². The van der Waals surface area contributed by atoms with Crippen molar-refractivity contribution in [3.63, 3.8) is 0 Å². The number of aromatic amines is 1. The Morgan fingerprint density at radius 2 is 2.15 bits per heavy atom. The average Bonchev–Trinajstić information content (AvgIpc) is 3.15. The summed E-state index contributed by atoms with van der Waals surface area (Å²) >= 11 is 0. The Bertz CT molecular complexity index is 714. The molecule has 1 amide bonds. The number of hydrogen-bond donors (Lipinski definition) is 1. The number of piperidine rings is 1. The molecule has 1 saturated heterocycles. The molecule has 3 rings (SSSR count). The second-order valence-corrected chi connectivity index (χ2v) is 6.66. The van der Waals surface area contributed by atoms with Crippen LogP contribution in [0.1, 0.15) is 36.0 Å². The van der Waals surface area contributed by atoms with Crippen molar-refractivity contribution < 1.29 is 14.3 Å². The van der Waals surface area contributed by atoms with Crippen LogP contribution in [0, 0.1) is 6.92 Å². The van der Waals surface area contributed by atoms with Gasteiger partial charge in [-0.25, -0.2) is 4.98 Å². The van der Waals surface area contributed by atoms with Crippen LogP contribution in [0.25, 0.3) is 0 Å². The largest absolute Gasteiger partial charge is 0.484 e. The molecule has 0 unspecified atom stereocenters. The van der Waals surface area contributed by atoms with E-state index in [2.05, 4.69) is 15.2 Å². The molecule has 140 valence electrons. The molecule has 1 N–H and O–H groups in total. The molecule has 26 heavy (non-hydrogen) atoms. The van der Waals surface area contributed by atoms with E-state index in [4.69, 9.17) is 9.47 Å². The van der Waals surface area contributed by atoms with Crippen LogP contribution < -0.4 is 4.74 Å². The number of methoxy groups -OCH3 is 1. The van der Waals surface area contributed by atoms with E-state index in [1.54, 1.807) is 7.11 Å². The molecule has 0 radical (unpaired) electrons. The van der Waals surface area contributed by atoms with Crippen molar-refractivity contribution in [2.24, 2.45) is 0 Å².